The van der Waals surface area contributed by atoms with Crippen LogP contribution in [0.15, 0.2) is 24.3 Å². The number of anilines is 1. The normalized spacial score (nSPS) is 23.0. The van der Waals surface area contributed by atoms with Crippen LogP contribution in [0.3, 0.4) is 0 Å². The van der Waals surface area contributed by atoms with E-state index in [0.29, 0.717) is 18.7 Å². The van der Waals surface area contributed by atoms with Gasteiger partial charge in [-0.25, -0.2) is 0 Å². The number of aliphatic hydroxyl groups excluding tert-OH is 1. The molecule has 1 aliphatic rings. The van der Waals surface area contributed by atoms with Gasteiger partial charge < -0.3 is 20.5 Å². The summed E-state index contributed by atoms with van der Waals surface area (Å²) in [6.07, 6.45) is 0.784. The van der Waals surface area contributed by atoms with Crippen LogP contribution in [0.1, 0.15) is 12.0 Å². The summed E-state index contributed by atoms with van der Waals surface area (Å²) < 4.78 is 5.20. The molecule has 1 aromatic rings. The monoisotopic (exact) mass is 250 g/mol. The van der Waals surface area contributed by atoms with E-state index in [0.717, 1.165) is 5.56 Å². The maximum absolute atomic E-state index is 12.0. The lowest BCUT2D eigenvalue weighted by atomic mass is 10.1. The zero-order chi connectivity index (χ0) is 13.0. The molecule has 0 saturated carbocycles. The smallest absolute Gasteiger partial charge is 0.241 e. The van der Waals surface area contributed by atoms with Crippen molar-refractivity contribution in [2.45, 2.75) is 25.2 Å². The summed E-state index contributed by atoms with van der Waals surface area (Å²) in [5, 5.41) is 15.0. The second-order valence-corrected chi connectivity index (χ2v) is 4.40. The van der Waals surface area contributed by atoms with Gasteiger partial charge in [-0.3, -0.25) is 4.79 Å². The average Bonchev–Trinajstić information content (AvgIpc) is 2.88. The second kappa shape index (κ2) is 5.95. The molecule has 1 amide bonds. The summed E-state index contributed by atoms with van der Waals surface area (Å²) >= 11 is 0. The Morgan fingerprint density at radius 1 is 1.61 bits per heavy atom. The molecule has 18 heavy (non-hydrogen) atoms. The van der Waals surface area contributed by atoms with E-state index in [-0.39, 0.29) is 24.7 Å². The third-order valence-corrected chi connectivity index (χ3v) is 3.12. The van der Waals surface area contributed by atoms with Crippen molar-refractivity contribution in [3.8, 4) is 0 Å². The number of rotatable bonds is 4. The quantitative estimate of drug-likeness (QED) is 0.727. The van der Waals surface area contributed by atoms with Gasteiger partial charge in [-0.15, -0.1) is 0 Å². The molecule has 1 aliphatic heterocycles. The Bertz CT molecular complexity index is 422. The lowest BCUT2D eigenvalue weighted by molar-refractivity contribution is -0.118. The molecule has 1 heterocycles. The minimum atomic E-state index is -0.215. The van der Waals surface area contributed by atoms with Crippen molar-refractivity contribution in [3.63, 3.8) is 0 Å². The van der Waals surface area contributed by atoms with Crippen LogP contribution in [0.5, 0.6) is 0 Å². The summed E-state index contributed by atoms with van der Waals surface area (Å²) in [5.41, 5.74) is 1.48. The molecule has 2 atom stereocenters. The predicted octanol–water partition coefficient (Wildman–Crippen LogP) is 0.494. The Kier molecular flexibility index (Phi) is 4.30. The highest BCUT2D eigenvalue weighted by atomic mass is 16.5. The molecular formula is C13H18N2O3. The van der Waals surface area contributed by atoms with Gasteiger partial charge in [0.1, 0.15) is 0 Å². The van der Waals surface area contributed by atoms with Gasteiger partial charge in [0.05, 0.1) is 18.8 Å². The first-order valence-corrected chi connectivity index (χ1v) is 5.99. The van der Waals surface area contributed by atoms with E-state index in [4.69, 9.17) is 9.84 Å². The fraction of sp³-hybridized carbons (Fsp3) is 0.462. The van der Waals surface area contributed by atoms with E-state index in [2.05, 4.69) is 10.6 Å². The summed E-state index contributed by atoms with van der Waals surface area (Å²) in [6.45, 7) is 0.669. The highest BCUT2D eigenvalue weighted by Crippen LogP contribution is 2.14. The molecule has 0 aliphatic carbocycles. The van der Waals surface area contributed by atoms with E-state index < -0.39 is 0 Å². The Balaban J connectivity index is 1.94. The van der Waals surface area contributed by atoms with Gasteiger partial charge in [0.25, 0.3) is 0 Å². The zero-order valence-electron chi connectivity index (χ0n) is 10.3. The van der Waals surface area contributed by atoms with Crippen LogP contribution in [0, 0.1) is 0 Å². The lowest BCUT2D eigenvalue weighted by Gasteiger charge is -2.11. The van der Waals surface area contributed by atoms with E-state index in [1.165, 1.54) is 0 Å². The third kappa shape index (κ3) is 3.07. The van der Waals surface area contributed by atoms with Crippen molar-refractivity contribution in [2.75, 3.05) is 19.0 Å². The van der Waals surface area contributed by atoms with Gasteiger partial charge in [-0.05, 0) is 24.1 Å². The number of methoxy groups -OCH3 is 1. The molecule has 0 radical (unpaired) electrons. The molecule has 2 unspecified atom stereocenters. The van der Waals surface area contributed by atoms with Gasteiger partial charge in [0.2, 0.25) is 5.91 Å². The van der Waals surface area contributed by atoms with Gasteiger partial charge in [0, 0.05) is 19.3 Å². The highest BCUT2D eigenvalue weighted by Gasteiger charge is 2.29. The summed E-state index contributed by atoms with van der Waals surface area (Å²) in [4.78, 5) is 12.0. The molecule has 1 saturated heterocycles. The molecule has 98 valence electrons. The minimum Gasteiger partial charge on any atom is -0.392 e. The van der Waals surface area contributed by atoms with Crippen molar-refractivity contribution in [3.05, 3.63) is 29.8 Å². The summed E-state index contributed by atoms with van der Waals surface area (Å²) in [5.74, 6) is -0.0651. The molecule has 5 nitrogen and oxygen atoms in total. The molecule has 5 heteroatoms. The van der Waals surface area contributed by atoms with Gasteiger partial charge in [-0.2, -0.15) is 0 Å². The first-order valence-electron chi connectivity index (χ1n) is 5.99. The maximum atomic E-state index is 12.0. The van der Waals surface area contributed by atoms with Crippen molar-refractivity contribution >= 4 is 11.6 Å². The molecule has 0 spiro atoms. The number of amides is 1. The summed E-state index contributed by atoms with van der Waals surface area (Å²) in [7, 11) is 1.65. The number of carbonyl (C=O) groups is 1. The average molecular weight is 250 g/mol. The number of aliphatic hydroxyl groups is 1. The Hall–Kier alpha value is -1.43. The van der Waals surface area contributed by atoms with Gasteiger partial charge in [0.15, 0.2) is 0 Å². The predicted molar refractivity (Wildman–Crippen MR) is 68.2 cm³/mol. The molecule has 2 rings (SSSR count). The Morgan fingerprint density at radius 2 is 2.44 bits per heavy atom. The van der Waals surface area contributed by atoms with Crippen molar-refractivity contribution < 1.29 is 14.6 Å². The largest absolute Gasteiger partial charge is 0.392 e. The van der Waals surface area contributed by atoms with E-state index in [1.807, 2.05) is 6.07 Å². The molecule has 0 aromatic heterocycles. The van der Waals surface area contributed by atoms with Crippen molar-refractivity contribution in [1.29, 1.82) is 0 Å². The number of hydrogen-bond donors (Lipinski definition) is 3. The van der Waals surface area contributed by atoms with Crippen LogP contribution in [0.2, 0.25) is 0 Å². The molecular weight excluding hydrogens is 232 g/mol. The highest BCUT2D eigenvalue weighted by molar-refractivity contribution is 5.95. The lowest BCUT2D eigenvalue weighted by Crippen LogP contribution is -2.35. The van der Waals surface area contributed by atoms with Crippen LogP contribution in [0.25, 0.3) is 0 Å². The fourth-order valence-electron chi connectivity index (χ4n) is 2.06. The van der Waals surface area contributed by atoms with Crippen molar-refractivity contribution in [2.24, 2.45) is 0 Å². The zero-order valence-corrected chi connectivity index (χ0v) is 10.3. The number of carbonyl (C=O) groups excluding carboxylic acids is 1. The molecule has 1 aromatic carbocycles. The van der Waals surface area contributed by atoms with E-state index in [9.17, 15) is 4.79 Å². The van der Waals surface area contributed by atoms with Gasteiger partial charge >= 0.3 is 0 Å². The first kappa shape index (κ1) is 13.0. The van der Waals surface area contributed by atoms with Crippen LogP contribution < -0.4 is 10.6 Å². The van der Waals surface area contributed by atoms with E-state index in [1.54, 1.807) is 25.3 Å². The number of hydrogen-bond acceptors (Lipinski definition) is 4. The molecule has 3 N–H and O–H groups in total. The maximum Gasteiger partial charge on any atom is 0.241 e. The standard InChI is InChI=1S/C13H18N2O3/c1-18-11-6-12(14-7-11)13(17)15-10-4-2-3-9(5-10)8-16/h2-5,11-12,14,16H,6-8H2,1H3,(H,15,17). The molecule has 0 bridgehead atoms. The Morgan fingerprint density at radius 3 is 3.11 bits per heavy atom. The topological polar surface area (TPSA) is 70.6 Å². The van der Waals surface area contributed by atoms with Crippen LogP contribution in [-0.4, -0.2) is 36.8 Å². The fourth-order valence-corrected chi connectivity index (χ4v) is 2.06. The third-order valence-electron chi connectivity index (χ3n) is 3.12. The second-order valence-electron chi connectivity index (χ2n) is 4.40. The number of nitrogens with one attached hydrogen (secondary N) is 2. The number of ether oxygens (including phenoxy) is 1. The number of benzene rings is 1. The van der Waals surface area contributed by atoms with Crippen LogP contribution >= 0.6 is 0 Å². The molecule has 1 fully saturated rings. The Labute approximate surface area is 106 Å². The van der Waals surface area contributed by atoms with Gasteiger partial charge in [-0.1, -0.05) is 12.1 Å². The van der Waals surface area contributed by atoms with Crippen molar-refractivity contribution in [1.82, 2.24) is 5.32 Å². The minimum absolute atomic E-state index is 0.0306. The van der Waals surface area contributed by atoms with Crippen LogP contribution in [-0.2, 0) is 16.1 Å². The summed E-state index contributed by atoms with van der Waals surface area (Å²) in [6, 6.07) is 6.97. The van der Waals surface area contributed by atoms with Crippen LogP contribution in [0.4, 0.5) is 5.69 Å². The SMILES string of the molecule is COC1CNC(C(=O)Nc2cccc(CO)c2)C1. The first-order chi connectivity index (χ1) is 8.72. The van der Waals surface area contributed by atoms with E-state index >= 15 is 0 Å².